The van der Waals surface area contributed by atoms with Gasteiger partial charge in [-0.25, -0.2) is 0 Å². The first-order chi connectivity index (χ1) is 7.67. The zero-order valence-electron chi connectivity index (χ0n) is 9.51. The van der Waals surface area contributed by atoms with Crippen LogP contribution in [0.4, 0.5) is 0 Å². The van der Waals surface area contributed by atoms with Gasteiger partial charge in [0.15, 0.2) is 5.69 Å². The summed E-state index contributed by atoms with van der Waals surface area (Å²) >= 11 is 0. The molecule has 1 aromatic rings. The molecule has 7 nitrogen and oxygen atoms in total. The fraction of sp³-hybridized carbons (Fsp3) is 0.667. The minimum atomic E-state index is -0.257. The summed E-state index contributed by atoms with van der Waals surface area (Å²) in [7, 11) is 1.58. The van der Waals surface area contributed by atoms with Crippen LogP contribution in [0.5, 0.6) is 0 Å². The highest BCUT2D eigenvalue weighted by atomic mass is 16.5. The molecular weight excluding hydrogens is 210 g/mol. The third-order valence-electron chi connectivity index (χ3n) is 1.92. The lowest BCUT2D eigenvalue weighted by molar-refractivity contribution is 0.0900. The van der Waals surface area contributed by atoms with Crippen molar-refractivity contribution in [1.29, 1.82) is 0 Å². The SMILES string of the molecule is COCC(C)NC(=O)c1cn(CCN)nn1. The standard InChI is InChI=1S/C9H17N5O2/c1-7(6-16-2)11-9(15)8-5-14(4-3-10)13-12-8/h5,7H,3-4,6,10H2,1-2H3,(H,11,15). The molecule has 1 rings (SSSR count). The van der Waals surface area contributed by atoms with Crippen molar-refractivity contribution < 1.29 is 9.53 Å². The summed E-state index contributed by atoms with van der Waals surface area (Å²) in [6, 6.07) is -0.0582. The van der Waals surface area contributed by atoms with Crippen LogP contribution in [-0.2, 0) is 11.3 Å². The smallest absolute Gasteiger partial charge is 0.273 e. The summed E-state index contributed by atoms with van der Waals surface area (Å²) in [5, 5.41) is 10.3. The Hall–Kier alpha value is -1.47. The number of nitrogens with two attached hydrogens (primary N) is 1. The molecule has 0 aromatic carbocycles. The van der Waals surface area contributed by atoms with E-state index in [0.29, 0.717) is 19.7 Å². The Morgan fingerprint density at radius 1 is 1.75 bits per heavy atom. The van der Waals surface area contributed by atoms with E-state index in [4.69, 9.17) is 10.5 Å². The minimum absolute atomic E-state index is 0.0582. The molecule has 90 valence electrons. The van der Waals surface area contributed by atoms with Crippen LogP contribution >= 0.6 is 0 Å². The molecule has 7 heteroatoms. The van der Waals surface area contributed by atoms with Gasteiger partial charge < -0.3 is 15.8 Å². The van der Waals surface area contributed by atoms with Crippen molar-refractivity contribution in [3.8, 4) is 0 Å². The van der Waals surface area contributed by atoms with Crippen LogP contribution in [0.3, 0.4) is 0 Å². The van der Waals surface area contributed by atoms with E-state index in [9.17, 15) is 4.79 Å². The number of hydrogen-bond acceptors (Lipinski definition) is 5. The summed E-state index contributed by atoms with van der Waals surface area (Å²) in [5.41, 5.74) is 5.65. The summed E-state index contributed by atoms with van der Waals surface area (Å²) in [6.07, 6.45) is 1.57. The van der Waals surface area contributed by atoms with Crippen molar-refractivity contribution in [2.45, 2.75) is 19.5 Å². The van der Waals surface area contributed by atoms with E-state index < -0.39 is 0 Å². The molecule has 1 aromatic heterocycles. The van der Waals surface area contributed by atoms with Crippen LogP contribution in [-0.4, -0.2) is 47.2 Å². The molecule has 0 saturated carbocycles. The molecule has 0 aliphatic rings. The van der Waals surface area contributed by atoms with E-state index >= 15 is 0 Å². The molecule has 1 unspecified atom stereocenters. The average Bonchev–Trinajstić information content (AvgIpc) is 2.67. The molecule has 0 aliphatic carbocycles. The fourth-order valence-corrected chi connectivity index (χ4v) is 1.23. The topological polar surface area (TPSA) is 95.1 Å². The summed E-state index contributed by atoms with van der Waals surface area (Å²) in [4.78, 5) is 11.6. The normalized spacial score (nSPS) is 12.4. The first-order valence-corrected chi connectivity index (χ1v) is 5.07. The van der Waals surface area contributed by atoms with E-state index in [0.717, 1.165) is 0 Å². The number of amides is 1. The second-order valence-corrected chi connectivity index (χ2v) is 3.49. The average molecular weight is 227 g/mol. The Balaban J connectivity index is 2.52. The van der Waals surface area contributed by atoms with Crippen molar-refractivity contribution in [2.24, 2.45) is 5.73 Å². The highest BCUT2D eigenvalue weighted by Crippen LogP contribution is 1.94. The van der Waals surface area contributed by atoms with Crippen LogP contribution in [0.1, 0.15) is 17.4 Å². The highest BCUT2D eigenvalue weighted by molar-refractivity contribution is 5.92. The van der Waals surface area contributed by atoms with Crippen LogP contribution in [0, 0.1) is 0 Å². The molecule has 3 N–H and O–H groups in total. The lowest BCUT2D eigenvalue weighted by Crippen LogP contribution is -2.35. The van der Waals surface area contributed by atoms with Crippen molar-refractivity contribution in [1.82, 2.24) is 20.3 Å². The van der Waals surface area contributed by atoms with E-state index in [1.54, 1.807) is 13.3 Å². The highest BCUT2D eigenvalue weighted by Gasteiger charge is 2.13. The number of ether oxygens (including phenoxy) is 1. The molecule has 0 saturated heterocycles. The van der Waals surface area contributed by atoms with Crippen molar-refractivity contribution in [3.63, 3.8) is 0 Å². The van der Waals surface area contributed by atoms with Crippen LogP contribution in [0.25, 0.3) is 0 Å². The molecule has 16 heavy (non-hydrogen) atoms. The molecule has 1 amide bonds. The molecule has 0 aliphatic heterocycles. The molecule has 0 bridgehead atoms. The number of carbonyl (C=O) groups is 1. The van der Waals surface area contributed by atoms with Gasteiger partial charge in [-0.3, -0.25) is 9.48 Å². The van der Waals surface area contributed by atoms with E-state index in [1.165, 1.54) is 4.68 Å². The zero-order chi connectivity index (χ0) is 12.0. The minimum Gasteiger partial charge on any atom is -0.383 e. The van der Waals surface area contributed by atoms with Gasteiger partial charge in [0.25, 0.3) is 5.91 Å². The quantitative estimate of drug-likeness (QED) is 0.650. The van der Waals surface area contributed by atoms with Gasteiger partial charge in [0.2, 0.25) is 0 Å². The van der Waals surface area contributed by atoms with E-state index in [-0.39, 0.29) is 17.6 Å². The molecule has 0 radical (unpaired) electrons. The number of aromatic nitrogens is 3. The number of nitrogens with one attached hydrogen (secondary N) is 1. The lowest BCUT2D eigenvalue weighted by atomic mass is 10.3. The fourth-order valence-electron chi connectivity index (χ4n) is 1.23. The maximum atomic E-state index is 11.6. The number of nitrogens with zero attached hydrogens (tertiary/aromatic N) is 3. The monoisotopic (exact) mass is 227 g/mol. The second-order valence-electron chi connectivity index (χ2n) is 3.49. The van der Waals surface area contributed by atoms with Gasteiger partial charge in [-0.05, 0) is 6.92 Å². The van der Waals surface area contributed by atoms with Gasteiger partial charge in [0.05, 0.1) is 19.3 Å². The zero-order valence-corrected chi connectivity index (χ0v) is 9.51. The maximum Gasteiger partial charge on any atom is 0.273 e. The molecule has 1 atom stereocenters. The van der Waals surface area contributed by atoms with Crippen LogP contribution in [0.2, 0.25) is 0 Å². The lowest BCUT2D eigenvalue weighted by Gasteiger charge is -2.10. The number of hydrogen-bond donors (Lipinski definition) is 2. The molecule has 1 heterocycles. The van der Waals surface area contributed by atoms with Gasteiger partial charge in [0, 0.05) is 19.7 Å². The molecule has 0 fully saturated rings. The van der Waals surface area contributed by atoms with E-state index in [1.807, 2.05) is 6.92 Å². The predicted molar refractivity (Wildman–Crippen MR) is 57.9 cm³/mol. The molecular formula is C9H17N5O2. The third-order valence-corrected chi connectivity index (χ3v) is 1.92. The third kappa shape index (κ3) is 3.59. The van der Waals surface area contributed by atoms with Gasteiger partial charge >= 0.3 is 0 Å². The summed E-state index contributed by atoms with van der Waals surface area (Å²) < 4.78 is 6.45. The summed E-state index contributed by atoms with van der Waals surface area (Å²) in [6.45, 7) is 3.33. The Kier molecular flexibility index (Phi) is 4.87. The van der Waals surface area contributed by atoms with Crippen molar-refractivity contribution >= 4 is 5.91 Å². The van der Waals surface area contributed by atoms with Gasteiger partial charge in [0.1, 0.15) is 0 Å². The first-order valence-electron chi connectivity index (χ1n) is 5.07. The Morgan fingerprint density at radius 2 is 2.50 bits per heavy atom. The van der Waals surface area contributed by atoms with E-state index in [2.05, 4.69) is 15.6 Å². The van der Waals surface area contributed by atoms with Gasteiger partial charge in [-0.15, -0.1) is 5.10 Å². The second kappa shape index (κ2) is 6.19. The van der Waals surface area contributed by atoms with Gasteiger partial charge in [-0.1, -0.05) is 5.21 Å². The van der Waals surface area contributed by atoms with Crippen molar-refractivity contribution in [3.05, 3.63) is 11.9 Å². The van der Waals surface area contributed by atoms with Crippen molar-refractivity contribution in [2.75, 3.05) is 20.3 Å². The Labute approximate surface area is 93.9 Å². The maximum absolute atomic E-state index is 11.6. The van der Waals surface area contributed by atoms with Gasteiger partial charge in [-0.2, -0.15) is 0 Å². The number of methoxy groups -OCH3 is 1. The largest absolute Gasteiger partial charge is 0.383 e. The Bertz CT molecular complexity index is 338. The van der Waals surface area contributed by atoms with Crippen LogP contribution < -0.4 is 11.1 Å². The molecule has 0 spiro atoms. The first kappa shape index (κ1) is 12.6. The number of rotatable bonds is 6. The number of carbonyl (C=O) groups excluding carboxylic acids is 1. The predicted octanol–water partition coefficient (Wildman–Crippen LogP) is -0.998. The summed E-state index contributed by atoms with van der Waals surface area (Å²) in [5.74, 6) is -0.257. The van der Waals surface area contributed by atoms with Crippen LogP contribution in [0.15, 0.2) is 6.20 Å². The Morgan fingerprint density at radius 3 is 3.12 bits per heavy atom.